The molecule has 1 heterocycles. The summed E-state index contributed by atoms with van der Waals surface area (Å²) in [6.07, 6.45) is 0.249. The number of anilines is 1. The van der Waals surface area contributed by atoms with Crippen LogP contribution in [0.3, 0.4) is 0 Å². The van der Waals surface area contributed by atoms with Crippen LogP contribution >= 0.6 is 0 Å². The van der Waals surface area contributed by atoms with Gasteiger partial charge in [-0.3, -0.25) is 9.52 Å². The predicted octanol–water partition coefficient (Wildman–Crippen LogP) is 2.91. The highest BCUT2D eigenvalue weighted by atomic mass is 32.2. The average Bonchev–Trinajstić information content (AvgIpc) is 2.96. The molecule has 146 valence electrons. The molecule has 0 bridgehead atoms. The van der Waals surface area contributed by atoms with Crippen molar-refractivity contribution in [3.8, 4) is 0 Å². The third-order valence-electron chi connectivity index (χ3n) is 4.46. The maximum Gasteiger partial charge on any atom is 0.296 e. The fourth-order valence-electron chi connectivity index (χ4n) is 2.93. The van der Waals surface area contributed by atoms with Gasteiger partial charge in [0.25, 0.3) is 10.2 Å². The van der Waals surface area contributed by atoms with Crippen LogP contribution in [0.1, 0.15) is 32.9 Å². The van der Waals surface area contributed by atoms with Crippen molar-refractivity contribution < 1.29 is 17.6 Å². The Kier molecular flexibility index (Phi) is 5.35. The number of nitrogens with two attached hydrogens (primary N) is 1. The lowest BCUT2D eigenvalue weighted by Gasteiger charge is -2.10. The molecule has 3 N–H and O–H groups in total. The van der Waals surface area contributed by atoms with Crippen LogP contribution in [-0.4, -0.2) is 18.8 Å². The minimum absolute atomic E-state index is 0.0471. The molecule has 0 aliphatic heterocycles. The molecule has 0 saturated carbocycles. The molecule has 28 heavy (non-hydrogen) atoms. The maximum absolute atomic E-state index is 14.4. The van der Waals surface area contributed by atoms with Gasteiger partial charge in [0.2, 0.25) is 5.78 Å². The van der Waals surface area contributed by atoms with Gasteiger partial charge < -0.3 is 4.57 Å². The molecule has 1 aromatic heterocycles. The Morgan fingerprint density at radius 3 is 2.39 bits per heavy atom. The van der Waals surface area contributed by atoms with E-state index in [1.165, 1.54) is 12.1 Å². The van der Waals surface area contributed by atoms with Gasteiger partial charge in [0.15, 0.2) is 0 Å². The second-order valence-corrected chi connectivity index (χ2v) is 7.89. The summed E-state index contributed by atoms with van der Waals surface area (Å²) in [5.74, 6) is -0.678. The minimum Gasteiger partial charge on any atom is -0.345 e. The smallest absolute Gasteiger partial charge is 0.296 e. The molecule has 3 rings (SSSR count). The zero-order valence-electron chi connectivity index (χ0n) is 15.4. The van der Waals surface area contributed by atoms with Gasteiger partial charge in [0.05, 0.1) is 11.4 Å². The van der Waals surface area contributed by atoms with Crippen molar-refractivity contribution in [3.05, 3.63) is 88.5 Å². The van der Waals surface area contributed by atoms with Crippen molar-refractivity contribution >= 4 is 21.7 Å². The number of aryl methyl sites for hydroxylation is 1. The molecule has 0 radical (unpaired) electrons. The number of nitrogens with zero attached hydrogens (tertiary/aromatic N) is 1. The van der Waals surface area contributed by atoms with E-state index in [9.17, 15) is 17.6 Å². The van der Waals surface area contributed by atoms with Gasteiger partial charge in [0, 0.05) is 24.7 Å². The number of hydrogen-bond acceptors (Lipinski definition) is 3. The molecule has 2 aromatic carbocycles. The third kappa shape index (κ3) is 4.47. The summed E-state index contributed by atoms with van der Waals surface area (Å²) < 4.78 is 40.2. The Morgan fingerprint density at radius 1 is 1.11 bits per heavy atom. The van der Waals surface area contributed by atoms with Gasteiger partial charge in [-0.05, 0) is 36.8 Å². The SMILES string of the molecule is Cc1ccc(C(=O)c2ccc(Cc3ccc(NS(N)(=O)=O)cc3F)n2C)cc1. The number of aromatic nitrogens is 1. The van der Waals surface area contributed by atoms with Gasteiger partial charge in [-0.2, -0.15) is 8.42 Å². The minimum atomic E-state index is -3.97. The molecule has 6 nitrogen and oxygen atoms in total. The van der Waals surface area contributed by atoms with E-state index >= 15 is 0 Å². The van der Waals surface area contributed by atoms with E-state index < -0.39 is 16.0 Å². The zero-order valence-corrected chi connectivity index (χ0v) is 16.3. The standard InChI is InChI=1S/C20H20FN3O3S/c1-13-3-5-14(6-4-13)20(25)19-10-9-17(24(19)2)11-15-7-8-16(12-18(15)21)23-28(22,26)27/h3-10,12,23H,11H2,1-2H3,(H2,22,26,27). The quantitative estimate of drug-likeness (QED) is 0.622. The molecule has 0 amide bonds. The second kappa shape index (κ2) is 7.57. The lowest BCUT2D eigenvalue weighted by atomic mass is 10.1. The predicted molar refractivity (Wildman–Crippen MR) is 106 cm³/mol. The van der Waals surface area contributed by atoms with Crippen LogP contribution in [0.5, 0.6) is 0 Å². The van der Waals surface area contributed by atoms with Crippen LogP contribution in [0.25, 0.3) is 0 Å². The molecule has 0 atom stereocenters. The highest BCUT2D eigenvalue weighted by Gasteiger charge is 2.16. The molecule has 0 saturated heterocycles. The largest absolute Gasteiger partial charge is 0.345 e. The highest BCUT2D eigenvalue weighted by Crippen LogP contribution is 2.21. The number of halogens is 1. The summed E-state index contributed by atoms with van der Waals surface area (Å²) in [5, 5.41) is 4.89. The molecule has 0 aliphatic rings. The fraction of sp³-hybridized carbons (Fsp3) is 0.150. The summed E-state index contributed by atoms with van der Waals surface area (Å²) in [6, 6.07) is 14.8. The van der Waals surface area contributed by atoms with Gasteiger partial charge in [0.1, 0.15) is 5.82 Å². The second-order valence-electron chi connectivity index (χ2n) is 6.59. The molecule has 3 aromatic rings. The molecule has 8 heteroatoms. The van der Waals surface area contributed by atoms with E-state index in [-0.39, 0.29) is 17.9 Å². The number of rotatable bonds is 6. The number of benzene rings is 2. The van der Waals surface area contributed by atoms with Crippen molar-refractivity contribution in [2.75, 3.05) is 4.72 Å². The molecule has 0 aliphatic carbocycles. The summed E-state index contributed by atoms with van der Waals surface area (Å²) in [7, 11) is -2.21. The molecular formula is C20H20FN3O3S. The normalized spacial score (nSPS) is 11.4. The number of carbonyl (C=O) groups is 1. The first-order valence-electron chi connectivity index (χ1n) is 8.49. The fourth-order valence-corrected chi connectivity index (χ4v) is 3.38. The van der Waals surface area contributed by atoms with Crippen LogP contribution in [0, 0.1) is 12.7 Å². The lowest BCUT2D eigenvalue weighted by Crippen LogP contribution is -2.21. The Balaban J connectivity index is 1.83. The molecular weight excluding hydrogens is 381 g/mol. The number of hydrogen-bond donors (Lipinski definition) is 2. The first-order chi connectivity index (χ1) is 13.1. The summed E-state index contributed by atoms with van der Waals surface area (Å²) >= 11 is 0. The van der Waals surface area contributed by atoms with Gasteiger partial charge in [-0.25, -0.2) is 9.53 Å². The van der Waals surface area contributed by atoms with Crippen molar-refractivity contribution in [1.29, 1.82) is 0 Å². The van der Waals surface area contributed by atoms with Crippen molar-refractivity contribution in [3.63, 3.8) is 0 Å². The van der Waals surface area contributed by atoms with Crippen molar-refractivity contribution in [2.45, 2.75) is 13.3 Å². The van der Waals surface area contributed by atoms with Crippen LogP contribution in [0.4, 0.5) is 10.1 Å². The maximum atomic E-state index is 14.4. The van der Waals surface area contributed by atoms with E-state index in [4.69, 9.17) is 5.14 Å². The number of nitrogens with one attached hydrogen (secondary N) is 1. The highest BCUT2D eigenvalue weighted by molar-refractivity contribution is 7.90. The zero-order chi connectivity index (χ0) is 20.5. The van der Waals surface area contributed by atoms with Gasteiger partial charge in [-0.1, -0.05) is 35.9 Å². The summed E-state index contributed by atoms with van der Waals surface area (Å²) in [5.41, 5.74) is 3.33. The van der Waals surface area contributed by atoms with E-state index in [1.807, 2.05) is 23.8 Å². The van der Waals surface area contributed by atoms with E-state index in [0.29, 0.717) is 16.8 Å². The summed E-state index contributed by atoms with van der Waals surface area (Å²) in [4.78, 5) is 12.7. The Labute approximate surface area is 163 Å². The first-order valence-corrected chi connectivity index (χ1v) is 10.0. The van der Waals surface area contributed by atoms with E-state index in [2.05, 4.69) is 0 Å². The Bertz CT molecular complexity index is 1140. The van der Waals surface area contributed by atoms with Crippen LogP contribution in [-0.2, 0) is 23.7 Å². The first kappa shape index (κ1) is 19.8. The third-order valence-corrected chi connectivity index (χ3v) is 4.98. The van der Waals surface area contributed by atoms with Gasteiger partial charge in [-0.15, -0.1) is 0 Å². The molecule has 0 fully saturated rings. The van der Waals surface area contributed by atoms with Crippen LogP contribution < -0.4 is 9.86 Å². The topological polar surface area (TPSA) is 94.2 Å². The average molecular weight is 401 g/mol. The van der Waals surface area contributed by atoms with E-state index in [1.54, 1.807) is 35.9 Å². The number of ketones is 1. The number of carbonyl (C=O) groups excluding carboxylic acids is 1. The van der Waals surface area contributed by atoms with Crippen LogP contribution in [0.15, 0.2) is 54.6 Å². The van der Waals surface area contributed by atoms with Crippen molar-refractivity contribution in [2.24, 2.45) is 12.2 Å². The summed E-state index contributed by atoms with van der Waals surface area (Å²) in [6.45, 7) is 1.95. The van der Waals surface area contributed by atoms with Crippen molar-refractivity contribution in [1.82, 2.24) is 4.57 Å². The molecule has 0 spiro atoms. The lowest BCUT2D eigenvalue weighted by molar-refractivity contribution is 0.103. The Hall–Kier alpha value is -2.97. The monoisotopic (exact) mass is 401 g/mol. The van der Waals surface area contributed by atoms with Crippen LogP contribution in [0.2, 0.25) is 0 Å². The van der Waals surface area contributed by atoms with Gasteiger partial charge >= 0.3 is 0 Å². The van der Waals surface area contributed by atoms with E-state index in [0.717, 1.165) is 17.3 Å². The Morgan fingerprint density at radius 2 is 1.79 bits per heavy atom. The molecule has 0 unspecified atom stereocenters.